The van der Waals surface area contributed by atoms with Gasteiger partial charge >= 0.3 is 6.18 Å². The molecule has 174 valence electrons. The van der Waals surface area contributed by atoms with Crippen molar-refractivity contribution < 1.29 is 17.6 Å². The van der Waals surface area contributed by atoms with Crippen LogP contribution in [0.1, 0.15) is 22.7 Å². The first-order valence-corrected chi connectivity index (χ1v) is 10.5. The van der Waals surface area contributed by atoms with Crippen LogP contribution in [0.3, 0.4) is 0 Å². The van der Waals surface area contributed by atoms with Gasteiger partial charge in [0.15, 0.2) is 0 Å². The fourth-order valence-electron chi connectivity index (χ4n) is 3.87. The van der Waals surface area contributed by atoms with Gasteiger partial charge in [-0.3, -0.25) is 9.69 Å². The van der Waals surface area contributed by atoms with E-state index in [-0.39, 0.29) is 12.4 Å². The third-order valence-electron chi connectivity index (χ3n) is 5.45. The molecule has 1 heterocycles. The van der Waals surface area contributed by atoms with Crippen LogP contribution >= 0.6 is 0 Å². The quantitative estimate of drug-likeness (QED) is 0.339. The van der Waals surface area contributed by atoms with Crippen LogP contribution in [-0.2, 0) is 12.8 Å². The SMILES string of the molecule is CN(Cn1nc(-c2ccccc2)cc(C(F)(F)F)c1=O)[C@H](c1ccccc1)c1ccc(F)cc1. The lowest BCUT2D eigenvalue weighted by molar-refractivity contribution is -0.139. The first-order chi connectivity index (χ1) is 16.2. The molecule has 1 aromatic heterocycles. The Morgan fingerprint density at radius 3 is 2.03 bits per heavy atom. The second kappa shape index (κ2) is 9.61. The first kappa shape index (κ1) is 23.4. The highest BCUT2D eigenvalue weighted by Crippen LogP contribution is 2.30. The van der Waals surface area contributed by atoms with Crippen molar-refractivity contribution in [2.24, 2.45) is 0 Å². The van der Waals surface area contributed by atoms with Gasteiger partial charge in [0, 0.05) is 5.56 Å². The summed E-state index contributed by atoms with van der Waals surface area (Å²) in [5.74, 6) is -0.401. The Bertz CT molecular complexity index is 1300. The molecule has 0 fully saturated rings. The normalized spacial score (nSPS) is 12.6. The Labute approximate surface area is 193 Å². The molecule has 0 aliphatic carbocycles. The highest BCUT2D eigenvalue weighted by molar-refractivity contribution is 5.59. The summed E-state index contributed by atoms with van der Waals surface area (Å²) in [5.41, 5.74) is -0.461. The van der Waals surface area contributed by atoms with Crippen LogP contribution in [-0.4, -0.2) is 21.7 Å². The van der Waals surface area contributed by atoms with E-state index in [0.29, 0.717) is 5.56 Å². The standard InChI is InChI=1S/C26H21F4N3O/c1-32(24(19-10-6-3-7-11-19)20-12-14-21(27)15-13-20)17-33-25(34)22(26(28,29)30)16-23(31-33)18-8-4-2-5-9-18/h2-16,24H,17H2,1H3/t24-/m1/s1. The highest BCUT2D eigenvalue weighted by Gasteiger charge is 2.36. The molecule has 0 bridgehead atoms. The molecular formula is C26H21F4N3O. The summed E-state index contributed by atoms with van der Waals surface area (Å²) >= 11 is 0. The number of hydrogen-bond acceptors (Lipinski definition) is 3. The molecule has 8 heteroatoms. The maximum Gasteiger partial charge on any atom is 0.421 e. The molecule has 0 spiro atoms. The molecule has 4 rings (SSSR count). The van der Waals surface area contributed by atoms with Crippen molar-refractivity contribution in [2.75, 3.05) is 7.05 Å². The van der Waals surface area contributed by atoms with E-state index < -0.39 is 29.2 Å². The average molecular weight is 467 g/mol. The number of rotatable bonds is 6. The lowest BCUT2D eigenvalue weighted by Gasteiger charge is -2.29. The number of aromatic nitrogens is 2. The molecule has 3 aromatic carbocycles. The first-order valence-electron chi connectivity index (χ1n) is 10.5. The lowest BCUT2D eigenvalue weighted by Crippen LogP contribution is -2.37. The maximum absolute atomic E-state index is 13.7. The van der Waals surface area contributed by atoms with Gasteiger partial charge in [0.05, 0.1) is 18.4 Å². The predicted octanol–water partition coefficient (Wildman–Crippen LogP) is 5.75. The molecular weight excluding hydrogens is 446 g/mol. The number of nitrogens with zero attached hydrogens (tertiary/aromatic N) is 3. The van der Waals surface area contributed by atoms with Gasteiger partial charge in [-0.1, -0.05) is 72.8 Å². The fraction of sp³-hybridized carbons (Fsp3) is 0.154. The summed E-state index contributed by atoms with van der Waals surface area (Å²) in [6.07, 6.45) is -4.83. The zero-order valence-electron chi connectivity index (χ0n) is 18.2. The van der Waals surface area contributed by atoms with E-state index in [9.17, 15) is 22.4 Å². The van der Waals surface area contributed by atoms with Crippen molar-refractivity contribution in [2.45, 2.75) is 18.9 Å². The Balaban J connectivity index is 1.79. The molecule has 0 N–H and O–H groups in total. The molecule has 1 atom stereocenters. The molecule has 0 aliphatic heterocycles. The third kappa shape index (κ3) is 5.07. The zero-order valence-corrected chi connectivity index (χ0v) is 18.2. The van der Waals surface area contributed by atoms with Gasteiger partial charge in [-0.15, -0.1) is 0 Å². The van der Waals surface area contributed by atoms with Crippen molar-refractivity contribution in [3.8, 4) is 11.3 Å². The third-order valence-corrected chi connectivity index (χ3v) is 5.45. The summed E-state index contributed by atoms with van der Waals surface area (Å²) in [4.78, 5) is 14.5. The minimum absolute atomic E-state index is 0.0407. The Kier molecular flexibility index (Phi) is 6.61. The van der Waals surface area contributed by atoms with E-state index >= 15 is 0 Å². The molecule has 4 aromatic rings. The number of benzene rings is 3. The van der Waals surface area contributed by atoms with Crippen molar-refractivity contribution in [1.29, 1.82) is 0 Å². The van der Waals surface area contributed by atoms with Gasteiger partial charge in [-0.05, 0) is 36.4 Å². The van der Waals surface area contributed by atoms with Gasteiger partial charge in [0.1, 0.15) is 11.4 Å². The van der Waals surface area contributed by atoms with Crippen molar-refractivity contribution in [3.05, 3.63) is 124 Å². The Morgan fingerprint density at radius 1 is 0.882 bits per heavy atom. The van der Waals surface area contributed by atoms with E-state index in [0.717, 1.165) is 21.9 Å². The van der Waals surface area contributed by atoms with Gasteiger partial charge in [0.2, 0.25) is 0 Å². The van der Waals surface area contributed by atoms with Gasteiger partial charge < -0.3 is 0 Å². The molecule has 0 radical (unpaired) electrons. The van der Waals surface area contributed by atoms with Crippen molar-refractivity contribution in [1.82, 2.24) is 14.7 Å². The molecule has 0 saturated carbocycles. The fourth-order valence-corrected chi connectivity index (χ4v) is 3.87. The monoisotopic (exact) mass is 467 g/mol. The summed E-state index contributed by atoms with van der Waals surface area (Å²) in [6, 6.07) is 23.8. The van der Waals surface area contributed by atoms with E-state index in [4.69, 9.17) is 0 Å². The minimum Gasteiger partial charge on any atom is -0.276 e. The molecule has 0 aliphatic rings. The highest BCUT2D eigenvalue weighted by atomic mass is 19.4. The molecule has 0 unspecified atom stereocenters. The lowest BCUT2D eigenvalue weighted by atomic mass is 9.97. The molecule has 0 amide bonds. The summed E-state index contributed by atoms with van der Waals surface area (Å²) in [7, 11) is 1.68. The van der Waals surface area contributed by atoms with Crippen LogP contribution in [0.5, 0.6) is 0 Å². The van der Waals surface area contributed by atoms with Gasteiger partial charge in [0.25, 0.3) is 5.56 Å². The maximum atomic E-state index is 13.7. The van der Waals surface area contributed by atoms with Crippen molar-refractivity contribution >= 4 is 0 Å². The van der Waals surface area contributed by atoms with Crippen LogP contribution in [0.2, 0.25) is 0 Å². The van der Waals surface area contributed by atoms with Crippen molar-refractivity contribution in [3.63, 3.8) is 0 Å². The second-order valence-corrected chi connectivity index (χ2v) is 7.87. The Morgan fingerprint density at radius 2 is 1.44 bits per heavy atom. The van der Waals surface area contributed by atoms with Gasteiger partial charge in [-0.2, -0.15) is 18.3 Å². The molecule has 34 heavy (non-hydrogen) atoms. The Hall–Kier alpha value is -3.78. The largest absolute Gasteiger partial charge is 0.421 e. The van der Waals surface area contributed by atoms with Gasteiger partial charge in [-0.25, -0.2) is 9.07 Å². The zero-order chi connectivity index (χ0) is 24.3. The van der Waals surface area contributed by atoms with Crippen LogP contribution in [0.25, 0.3) is 11.3 Å². The summed E-state index contributed by atoms with van der Waals surface area (Å²) in [5, 5.41) is 4.24. The molecule has 0 saturated heterocycles. The van der Waals surface area contributed by atoms with Crippen LogP contribution < -0.4 is 5.56 Å². The summed E-state index contributed by atoms with van der Waals surface area (Å²) < 4.78 is 55.5. The number of alkyl halides is 3. The van der Waals surface area contributed by atoms with Crippen LogP contribution in [0.4, 0.5) is 17.6 Å². The number of halogens is 4. The van der Waals surface area contributed by atoms with Crippen LogP contribution in [0, 0.1) is 5.82 Å². The topological polar surface area (TPSA) is 38.1 Å². The predicted molar refractivity (Wildman–Crippen MR) is 121 cm³/mol. The smallest absolute Gasteiger partial charge is 0.276 e. The molecule has 4 nitrogen and oxygen atoms in total. The minimum atomic E-state index is -4.83. The number of hydrogen-bond donors (Lipinski definition) is 0. The van der Waals surface area contributed by atoms with Crippen LogP contribution in [0.15, 0.2) is 95.8 Å². The van der Waals surface area contributed by atoms with E-state index in [1.165, 1.54) is 12.1 Å². The van der Waals surface area contributed by atoms with E-state index in [2.05, 4.69) is 5.10 Å². The average Bonchev–Trinajstić information content (AvgIpc) is 2.82. The summed E-state index contributed by atoms with van der Waals surface area (Å²) in [6.45, 7) is -0.223. The van der Waals surface area contributed by atoms with E-state index in [1.54, 1.807) is 54.4 Å². The second-order valence-electron chi connectivity index (χ2n) is 7.87. The van der Waals surface area contributed by atoms with E-state index in [1.807, 2.05) is 30.3 Å².